The van der Waals surface area contributed by atoms with E-state index in [1.807, 2.05) is 18.2 Å². The first-order valence-electron chi connectivity index (χ1n) is 8.18. The van der Waals surface area contributed by atoms with Gasteiger partial charge >= 0.3 is 0 Å². The molecule has 0 aromatic heterocycles. The Hall–Kier alpha value is -3.40. The fourth-order valence-electron chi connectivity index (χ4n) is 2.45. The smallest absolute Gasteiger partial charge is 0.260 e. The van der Waals surface area contributed by atoms with Gasteiger partial charge in [-0.15, -0.1) is 0 Å². The van der Waals surface area contributed by atoms with Gasteiger partial charge in [0.15, 0.2) is 29.6 Å². The Kier molecular flexibility index (Phi) is 6.89. The molecule has 2 aromatic rings. The van der Waals surface area contributed by atoms with Gasteiger partial charge in [-0.3, -0.25) is 4.79 Å². The zero-order valence-corrected chi connectivity index (χ0v) is 15.8. The van der Waals surface area contributed by atoms with Crippen molar-refractivity contribution in [1.82, 2.24) is 4.90 Å². The van der Waals surface area contributed by atoms with E-state index in [2.05, 4.69) is 0 Å². The Balaban J connectivity index is 1.99. The number of hydrogen-bond donors (Lipinski definition) is 0. The number of hydrogen-bond acceptors (Lipinski definition) is 6. The summed E-state index contributed by atoms with van der Waals surface area (Å²) in [4.78, 5) is 13.9. The SMILES string of the molecule is COc1ccc(CN(C)C(=O)COc2ccc(C#N)cc2OC)cc1OC. The van der Waals surface area contributed by atoms with Gasteiger partial charge in [-0.05, 0) is 29.8 Å². The van der Waals surface area contributed by atoms with E-state index < -0.39 is 0 Å². The van der Waals surface area contributed by atoms with Gasteiger partial charge in [0.05, 0.1) is 33.0 Å². The molecule has 0 radical (unpaired) electrons. The van der Waals surface area contributed by atoms with Crippen LogP contribution in [0.1, 0.15) is 11.1 Å². The molecular weight excluding hydrogens is 348 g/mol. The van der Waals surface area contributed by atoms with Gasteiger partial charge in [-0.1, -0.05) is 6.07 Å². The predicted molar refractivity (Wildman–Crippen MR) is 99.2 cm³/mol. The molecule has 0 aliphatic rings. The molecule has 0 atom stereocenters. The summed E-state index contributed by atoms with van der Waals surface area (Å²) in [6.45, 7) is 0.249. The van der Waals surface area contributed by atoms with E-state index in [1.165, 1.54) is 7.11 Å². The molecule has 1 amide bonds. The second kappa shape index (κ2) is 9.34. The quantitative estimate of drug-likeness (QED) is 0.711. The lowest BCUT2D eigenvalue weighted by Crippen LogP contribution is -2.31. The molecule has 0 heterocycles. The number of carbonyl (C=O) groups excluding carboxylic acids is 1. The summed E-state index contributed by atoms with van der Waals surface area (Å²) in [6.07, 6.45) is 0. The van der Waals surface area contributed by atoms with E-state index in [4.69, 9.17) is 24.2 Å². The largest absolute Gasteiger partial charge is 0.493 e. The van der Waals surface area contributed by atoms with Crippen molar-refractivity contribution in [3.8, 4) is 29.1 Å². The second-order valence-electron chi connectivity index (χ2n) is 5.71. The van der Waals surface area contributed by atoms with Crippen LogP contribution in [0.3, 0.4) is 0 Å². The summed E-state index contributed by atoms with van der Waals surface area (Å²) in [6, 6.07) is 12.3. The monoisotopic (exact) mass is 370 g/mol. The summed E-state index contributed by atoms with van der Waals surface area (Å²) >= 11 is 0. The maximum Gasteiger partial charge on any atom is 0.260 e. The van der Waals surface area contributed by atoms with Crippen molar-refractivity contribution in [2.24, 2.45) is 0 Å². The topological polar surface area (TPSA) is 81.0 Å². The number of amides is 1. The Morgan fingerprint density at radius 3 is 2.22 bits per heavy atom. The lowest BCUT2D eigenvalue weighted by molar-refractivity contribution is -0.132. The average molecular weight is 370 g/mol. The molecule has 27 heavy (non-hydrogen) atoms. The third kappa shape index (κ3) is 5.05. The molecule has 7 nitrogen and oxygen atoms in total. The molecule has 0 N–H and O–H groups in total. The maximum atomic E-state index is 12.4. The number of rotatable bonds is 8. The highest BCUT2D eigenvalue weighted by Crippen LogP contribution is 2.29. The molecule has 7 heteroatoms. The highest BCUT2D eigenvalue weighted by Gasteiger charge is 2.14. The van der Waals surface area contributed by atoms with Gasteiger partial charge in [-0.2, -0.15) is 5.26 Å². The normalized spacial score (nSPS) is 9.89. The summed E-state index contributed by atoms with van der Waals surface area (Å²) in [7, 11) is 6.31. The van der Waals surface area contributed by atoms with Crippen molar-refractivity contribution in [1.29, 1.82) is 5.26 Å². The minimum absolute atomic E-state index is 0.147. The predicted octanol–water partition coefficient (Wildman–Crippen LogP) is 2.62. The van der Waals surface area contributed by atoms with Gasteiger partial charge in [0.2, 0.25) is 0 Å². The van der Waals surface area contributed by atoms with Crippen LogP contribution in [0.15, 0.2) is 36.4 Å². The molecule has 2 aromatic carbocycles. The highest BCUT2D eigenvalue weighted by molar-refractivity contribution is 5.77. The van der Waals surface area contributed by atoms with Gasteiger partial charge in [0, 0.05) is 19.7 Å². The van der Waals surface area contributed by atoms with Crippen LogP contribution in [0.2, 0.25) is 0 Å². The van der Waals surface area contributed by atoms with E-state index in [0.717, 1.165) is 5.56 Å². The summed E-state index contributed by atoms with van der Waals surface area (Å²) in [5.74, 6) is 1.85. The van der Waals surface area contributed by atoms with Crippen LogP contribution in [0.4, 0.5) is 0 Å². The van der Waals surface area contributed by atoms with Crippen molar-refractivity contribution in [2.45, 2.75) is 6.54 Å². The Labute approximate surface area is 158 Å². The van der Waals surface area contributed by atoms with E-state index in [1.54, 1.807) is 50.4 Å². The van der Waals surface area contributed by atoms with E-state index >= 15 is 0 Å². The fraction of sp³-hybridized carbons (Fsp3) is 0.300. The van der Waals surface area contributed by atoms with Crippen LogP contribution in [0.25, 0.3) is 0 Å². The Bertz CT molecular complexity index is 845. The molecule has 0 aliphatic heterocycles. The molecule has 0 spiro atoms. The molecule has 0 fully saturated rings. The Morgan fingerprint density at radius 1 is 0.963 bits per heavy atom. The molecule has 0 saturated heterocycles. The first kappa shape index (κ1) is 19.9. The van der Waals surface area contributed by atoms with Crippen molar-refractivity contribution < 1.29 is 23.7 Å². The zero-order chi connectivity index (χ0) is 19.8. The van der Waals surface area contributed by atoms with Crippen LogP contribution in [-0.4, -0.2) is 45.8 Å². The molecule has 0 aliphatic carbocycles. The number of ether oxygens (including phenoxy) is 4. The highest BCUT2D eigenvalue weighted by atomic mass is 16.5. The first-order valence-corrected chi connectivity index (χ1v) is 8.18. The van der Waals surface area contributed by atoms with Crippen LogP contribution in [0.5, 0.6) is 23.0 Å². The van der Waals surface area contributed by atoms with Gasteiger partial charge in [0.1, 0.15) is 0 Å². The van der Waals surface area contributed by atoms with E-state index in [9.17, 15) is 4.79 Å². The van der Waals surface area contributed by atoms with Crippen LogP contribution in [0, 0.1) is 11.3 Å². The number of nitriles is 1. The molecule has 0 saturated carbocycles. The maximum absolute atomic E-state index is 12.4. The van der Waals surface area contributed by atoms with Gasteiger partial charge in [-0.25, -0.2) is 0 Å². The number of methoxy groups -OCH3 is 3. The van der Waals surface area contributed by atoms with Crippen LogP contribution < -0.4 is 18.9 Å². The molecule has 142 valence electrons. The number of benzene rings is 2. The number of nitrogens with zero attached hydrogens (tertiary/aromatic N) is 2. The first-order chi connectivity index (χ1) is 13.0. The van der Waals surface area contributed by atoms with Crippen molar-refractivity contribution in [3.63, 3.8) is 0 Å². The van der Waals surface area contributed by atoms with Gasteiger partial charge < -0.3 is 23.8 Å². The minimum atomic E-state index is -0.198. The number of likely N-dealkylation sites (N-methyl/N-ethyl adjacent to an activating group) is 1. The molecule has 2 rings (SSSR count). The van der Waals surface area contributed by atoms with Gasteiger partial charge in [0.25, 0.3) is 5.91 Å². The van der Waals surface area contributed by atoms with E-state index in [-0.39, 0.29) is 12.5 Å². The summed E-state index contributed by atoms with van der Waals surface area (Å²) in [5.41, 5.74) is 1.36. The fourth-order valence-corrected chi connectivity index (χ4v) is 2.45. The lowest BCUT2D eigenvalue weighted by atomic mass is 10.2. The second-order valence-corrected chi connectivity index (χ2v) is 5.71. The zero-order valence-electron chi connectivity index (χ0n) is 15.8. The minimum Gasteiger partial charge on any atom is -0.493 e. The third-order valence-corrected chi connectivity index (χ3v) is 3.94. The molecule has 0 bridgehead atoms. The summed E-state index contributed by atoms with van der Waals surface area (Å²) < 4.78 is 21.2. The Morgan fingerprint density at radius 2 is 1.59 bits per heavy atom. The molecular formula is C20H22N2O5. The van der Waals surface area contributed by atoms with Crippen molar-refractivity contribution in [3.05, 3.63) is 47.5 Å². The van der Waals surface area contributed by atoms with Crippen LogP contribution >= 0.6 is 0 Å². The summed E-state index contributed by atoms with van der Waals surface area (Å²) in [5, 5.41) is 8.93. The van der Waals surface area contributed by atoms with Crippen molar-refractivity contribution in [2.75, 3.05) is 35.0 Å². The van der Waals surface area contributed by atoms with Crippen molar-refractivity contribution >= 4 is 5.91 Å². The average Bonchev–Trinajstić information content (AvgIpc) is 2.71. The van der Waals surface area contributed by atoms with E-state index in [0.29, 0.717) is 35.1 Å². The third-order valence-electron chi connectivity index (χ3n) is 3.94. The number of carbonyl (C=O) groups is 1. The van der Waals surface area contributed by atoms with Crippen LogP contribution in [-0.2, 0) is 11.3 Å². The molecule has 0 unspecified atom stereocenters. The standard InChI is InChI=1S/C20H22N2O5/c1-22(12-15-6-7-16(24-2)18(10-15)25-3)20(23)13-27-17-8-5-14(11-21)9-19(17)26-4/h5-10H,12-13H2,1-4H3. The lowest BCUT2D eigenvalue weighted by Gasteiger charge is -2.19.